The third-order valence-corrected chi connectivity index (χ3v) is 3.18. The van der Waals surface area contributed by atoms with Crippen LogP contribution in [0, 0.1) is 0 Å². The van der Waals surface area contributed by atoms with Crippen LogP contribution in [0.5, 0.6) is 0 Å². The molecule has 20 heavy (non-hydrogen) atoms. The minimum Gasteiger partial charge on any atom is -0.367 e. The highest BCUT2D eigenvalue weighted by atomic mass is 16.5. The molecule has 0 radical (unpaired) electrons. The molecule has 0 aliphatic carbocycles. The van der Waals surface area contributed by atoms with Gasteiger partial charge in [-0.2, -0.15) is 4.98 Å². The average molecular weight is 277 g/mol. The summed E-state index contributed by atoms with van der Waals surface area (Å²) in [5.41, 5.74) is 6.24. The summed E-state index contributed by atoms with van der Waals surface area (Å²) >= 11 is 0. The lowest BCUT2D eigenvalue weighted by atomic mass is 10.2. The molecule has 1 atom stereocenters. The van der Waals surface area contributed by atoms with Crippen molar-refractivity contribution < 1.29 is 4.52 Å². The number of nitrogens with one attached hydrogen (secondary N) is 1. The SMILES string of the molecule is CCN(CC)CC(N)c1noc(-c2c[nH]ccc2=O)n1. The zero-order valence-corrected chi connectivity index (χ0v) is 11.7. The Kier molecular flexibility index (Phi) is 4.65. The Morgan fingerprint density at radius 1 is 1.45 bits per heavy atom. The van der Waals surface area contributed by atoms with Crippen molar-refractivity contribution in [3.63, 3.8) is 0 Å². The number of H-pyrrole nitrogens is 1. The van der Waals surface area contributed by atoms with Crippen LogP contribution in [0.3, 0.4) is 0 Å². The zero-order chi connectivity index (χ0) is 14.5. The van der Waals surface area contributed by atoms with Gasteiger partial charge in [0.25, 0.3) is 5.89 Å². The van der Waals surface area contributed by atoms with Crippen molar-refractivity contribution in [1.29, 1.82) is 0 Å². The van der Waals surface area contributed by atoms with Gasteiger partial charge in [-0.05, 0) is 13.1 Å². The summed E-state index contributed by atoms with van der Waals surface area (Å²) in [6, 6.07) is 1.07. The van der Waals surface area contributed by atoms with Gasteiger partial charge in [-0.25, -0.2) is 0 Å². The number of aromatic nitrogens is 3. The van der Waals surface area contributed by atoms with Crippen molar-refractivity contribution >= 4 is 0 Å². The Morgan fingerprint density at radius 2 is 2.20 bits per heavy atom. The zero-order valence-electron chi connectivity index (χ0n) is 11.7. The molecule has 3 N–H and O–H groups in total. The van der Waals surface area contributed by atoms with Gasteiger partial charge < -0.3 is 20.1 Å². The van der Waals surface area contributed by atoms with E-state index in [1.165, 1.54) is 12.3 Å². The van der Waals surface area contributed by atoms with Gasteiger partial charge in [-0.15, -0.1) is 0 Å². The molecule has 0 aliphatic heterocycles. The van der Waals surface area contributed by atoms with Gasteiger partial charge in [0.15, 0.2) is 11.3 Å². The minimum atomic E-state index is -0.338. The van der Waals surface area contributed by atoms with Crippen molar-refractivity contribution in [1.82, 2.24) is 20.0 Å². The fourth-order valence-corrected chi connectivity index (χ4v) is 1.92. The van der Waals surface area contributed by atoms with E-state index in [0.29, 0.717) is 17.9 Å². The van der Waals surface area contributed by atoms with E-state index in [1.807, 2.05) is 0 Å². The van der Waals surface area contributed by atoms with Crippen LogP contribution in [-0.2, 0) is 0 Å². The number of aromatic amines is 1. The first-order valence-electron chi connectivity index (χ1n) is 6.64. The Hall–Kier alpha value is -1.99. The van der Waals surface area contributed by atoms with E-state index >= 15 is 0 Å². The molecule has 0 amide bonds. The first-order valence-corrected chi connectivity index (χ1v) is 6.64. The summed E-state index contributed by atoms with van der Waals surface area (Å²) in [5, 5.41) is 3.86. The molecule has 0 aromatic carbocycles. The number of nitrogens with two attached hydrogens (primary N) is 1. The molecule has 7 nitrogen and oxygen atoms in total. The molecule has 108 valence electrons. The van der Waals surface area contributed by atoms with Crippen molar-refractivity contribution in [3.8, 4) is 11.5 Å². The molecule has 0 saturated carbocycles. The second-order valence-electron chi connectivity index (χ2n) is 4.47. The van der Waals surface area contributed by atoms with Gasteiger partial charge in [0.05, 0.1) is 6.04 Å². The predicted molar refractivity (Wildman–Crippen MR) is 75.1 cm³/mol. The lowest BCUT2D eigenvalue weighted by molar-refractivity contribution is 0.278. The highest BCUT2D eigenvalue weighted by molar-refractivity contribution is 5.50. The maximum atomic E-state index is 11.7. The van der Waals surface area contributed by atoms with Crippen LogP contribution >= 0.6 is 0 Å². The van der Waals surface area contributed by atoms with Gasteiger partial charge in [-0.1, -0.05) is 19.0 Å². The van der Waals surface area contributed by atoms with Crippen LogP contribution in [0.1, 0.15) is 25.7 Å². The van der Waals surface area contributed by atoms with Gasteiger partial charge in [0.1, 0.15) is 5.56 Å². The Morgan fingerprint density at radius 3 is 2.85 bits per heavy atom. The van der Waals surface area contributed by atoms with Crippen molar-refractivity contribution in [2.24, 2.45) is 5.73 Å². The van der Waals surface area contributed by atoms with Crippen LogP contribution in [0.4, 0.5) is 0 Å². The Labute approximate surface area is 116 Å². The average Bonchev–Trinajstić information content (AvgIpc) is 2.94. The number of hydrogen-bond acceptors (Lipinski definition) is 6. The van der Waals surface area contributed by atoms with E-state index in [-0.39, 0.29) is 17.4 Å². The molecule has 2 aromatic heterocycles. The second kappa shape index (κ2) is 6.44. The number of pyridine rings is 1. The maximum absolute atomic E-state index is 11.7. The molecular formula is C13H19N5O2. The fourth-order valence-electron chi connectivity index (χ4n) is 1.92. The highest BCUT2D eigenvalue weighted by Gasteiger charge is 2.18. The van der Waals surface area contributed by atoms with Crippen molar-refractivity contribution in [2.45, 2.75) is 19.9 Å². The normalized spacial score (nSPS) is 12.8. The number of nitrogens with zero attached hydrogens (tertiary/aromatic N) is 3. The van der Waals surface area contributed by atoms with Crippen LogP contribution < -0.4 is 11.2 Å². The smallest absolute Gasteiger partial charge is 0.263 e. The second-order valence-corrected chi connectivity index (χ2v) is 4.47. The van der Waals surface area contributed by atoms with Crippen LogP contribution in [0.2, 0.25) is 0 Å². The predicted octanol–water partition coefficient (Wildman–Crippen LogP) is 0.766. The van der Waals surface area contributed by atoms with E-state index < -0.39 is 0 Å². The molecule has 0 fully saturated rings. The van der Waals surface area contributed by atoms with E-state index in [4.69, 9.17) is 10.3 Å². The highest BCUT2D eigenvalue weighted by Crippen LogP contribution is 2.15. The third-order valence-electron chi connectivity index (χ3n) is 3.18. The summed E-state index contributed by atoms with van der Waals surface area (Å²) in [4.78, 5) is 20.9. The van der Waals surface area contributed by atoms with Crippen molar-refractivity contribution in [2.75, 3.05) is 19.6 Å². The Balaban J connectivity index is 2.17. The fraction of sp³-hybridized carbons (Fsp3) is 0.462. The summed E-state index contributed by atoms with van der Waals surface area (Å²) in [6.45, 7) is 6.61. The van der Waals surface area contributed by atoms with Crippen LogP contribution in [0.15, 0.2) is 27.8 Å². The standard InChI is InChI=1S/C13H19N5O2/c1-3-18(4-2)8-10(14)12-16-13(20-17-12)9-7-15-6-5-11(9)19/h5-7,10H,3-4,8,14H2,1-2H3,(H,15,19). The minimum absolute atomic E-state index is 0.170. The number of likely N-dealkylation sites (N-methyl/N-ethyl adjacent to an activating group) is 1. The molecule has 1 unspecified atom stereocenters. The van der Waals surface area contributed by atoms with Crippen molar-refractivity contribution in [3.05, 3.63) is 34.5 Å². The van der Waals surface area contributed by atoms with Gasteiger partial charge in [0.2, 0.25) is 0 Å². The summed E-state index contributed by atoms with van der Waals surface area (Å²) in [6.07, 6.45) is 3.09. The van der Waals surface area contributed by atoms with Gasteiger partial charge in [-0.3, -0.25) is 4.79 Å². The monoisotopic (exact) mass is 277 g/mol. The molecule has 0 bridgehead atoms. The number of rotatable bonds is 6. The first-order chi connectivity index (χ1) is 9.65. The molecular weight excluding hydrogens is 258 g/mol. The summed E-state index contributed by atoms with van der Waals surface area (Å²) in [5.74, 6) is 0.604. The summed E-state index contributed by atoms with van der Waals surface area (Å²) < 4.78 is 5.12. The maximum Gasteiger partial charge on any atom is 0.263 e. The first kappa shape index (κ1) is 14.4. The molecule has 0 saturated heterocycles. The lowest BCUT2D eigenvalue weighted by Gasteiger charge is -2.20. The summed E-state index contributed by atoms with van der Waals surface area (Å²) in [7, 11) is 0. The van der Waals surface area contributed by atoms with Gasteiger partial charge in [0, 0.05) is 25.0 Å². The molecule has 2 rings (SSSR count). The quantitative estimate of drug-likeness (QED) is 0.808. The molecule has 2 aromatic rings. The molecule has 7 heteroatoms. The Bertz CT molecular complexity index is 603. The molecule has 0 spiro atoms. The van der Waals surface area contributed by atoms with E-state index in [9.17, 15) is 4.79 Å². The molecule has 0 aliphatic rings. The topological polar surface area (TPSA) is 101 Å². The van der Waals surface area contributed by atoms with Crippen LogP contribution in [0.25, 0.3) is 11.5 Å². The lowest BCUT2D eigenvalue weighted by Crippen LogP contribution is -2.32. The third kappa shape index (κ3) is 3.12. The van der Waals surface area contributed by atoms with E-state index in [0.717, 1.165) is 13.1 Å². The molecule has 2 heterocycles. The van der Waals surface area contributed by atoms with E-state index in [1.54, 1.807) is 6.20 Å². The van der Waals surface area contributed by atoms with E-state index in [2.05, 4.69) is 33.9 Å². The number of hydrogen-bond donors (Lipinski definition) is 2. The van der Waals surface area contributed by atoms with Gasteiger partial charge >= 0.3 is 0 Å². The largest absolute Gasteiger partial charge is 0.367 e. The van der Waals surface area contributed by atoms with Crippen LogP contribution in [-0.4, -0.2) is 39.7 Å².